The summed E-state index contributed by atoms with van der Waals surface area (Å²) in [6.45, 7) is 1.13. The van der Waals surface area contributed by atoms with E-state index in [2.05, 4.69) is 4.98 Å². The molecule has 136 valence electrons. The second-order valence-corrected chi connectivity index (χ2v) is 7.53. The number of fused-ring (bicyclic) bond motifs is 1. The quantitative estimate of drug-likeness (QED) is 0.312. The summed E-state index contributed by atoms with van der Waals surface area (Å²) in [4.78, 5) is 17.6. The highest BCUT2D eigenvalue weighted by Crippen LogP contribution is 2.26. The second kappa shape index (κ2) is 8.91. The molecular formula is C19H18Cl2N2O2S. The molecule has 0 aliphatic carbocycles. The van der Waals surface area contributed by atoms with E-state index in [0.717, 1.165) is 12.0 Å². The van der Waals surface area contributed by atoms with Crippen LogP contribution in [0.5, 0.6) is 0 Å². The van der Waals surface area contributed by atoms with E-state index >= 15 is 0 Å². The zero-order valence-corrected chi connectivity index (χ0v) is 16.6. The van der Waals surface area contributed by atoms with E-state index in [0.29, 0.717) is 45.0 Å². The van der Waals surface area contributed by atoms with Crippen molar-refractivity contribution in [2.24, 2.45) is 0 Å². The van der Waals surface area contributed by atoms with Crippen molar-refractivity contribution in [1.82, 2.24) is 9.55 Å². The molecule has 26 heavy (non-hydrogen) atoms. The summed E-state index contributed by atoms with van der Waals surface area (Å²) < 4.78 is 6.82. The molecule has 0 radical (unpaired) electrons. The molecule has 1 heterocycles. The van der Waals surface area contributed by atoms with Gasteiger partial charge in [0, 0.05) is 36.1 Å². The number of halogens is 2. The Morgan fingerprint density at radius 2 is 2.00 bits per heavy atom. The molecule has 0 aliphatic rings. The molecule has 1 aromatic heterocycles. The van der Waals surface area contributed by atoms with E-state index in [1.807, 2.05) is 24.3 Å². The third-order valence-electron chi connectivity index (χ3n) is 3.93. The maximum absolute atomic E-state index is 12.9. The van der Waals surface area contributed by atoms with Crippen molar-refractivity contribution in [3.8, 4) is 0 Å². The third kappa shape index (κ3) is 4.41. The maximum Gasteiger partial charge on any atom is 0.262 e. The van der Waals surface area contributed by atoms with Crippen LogP contribution in [0, 0.1) is 0 Å². The molecule has 7 heteroatoms. The van der Waals surface area contributed by atoms with Crippen LogP contribution in [0.25, 0.3) is 10.9 Å². The van der Waals surface area contributed by atoms with Crippen LogP contribution >= 0.6 is 35.0 Å². The molecule has 0 saturated heterocycles. The lowest BCUT2D eigenvalue weighted by molar-refractivity contribution is 0.189. The fraction of sp³-hybridized carbons (Fsp3) is 0.263. The van der Waals surface area contributed by atoms with Crippen molar-refractivity contribution in [2.45, 2.75) is 23.9 Å². The summed E-state index contributed by atoms with van der Waals surface area (Å²) in [5.41, 5.74) is 1.54. The fourth-order valence-corrected chi connectivity index (χ4v) is 4.08. The Morgan fingerprint density at radius 1 is 1.19 bits per heavy atom. The maximum atomic E-state index is 12.9. The van der Waals surface area contributed by atoms with E-state index in [1.54, 1.807) is 29.9 Å². The highest BCUT2D eigenvalue weighted by molar-refractivity contribution is 7.98. The average Bonchev–Trinajstić information content (AvgIpc) is 2.63. The zero-order valence-electron chi connectivity index (χ0n) is 14.2. The third-order valence-corrected chi connectivity index (χ3v) is 5.56. The predicted octanol–water partition coefficient (Wildman–Crippen LogP) is 5.03. The Balaban J connectivity index is 1.98. The average molecular weight is 409 g/mol. The molecule has 0 aliphatic heterocycles. The van der Waals surface area contributed by atoms with Crippen molar-refractivity contribution in [3.05, 3.63) is 68.4 Å². The Kier molecular flexibility index (Phi) is 6.59. The lowest BCUT2D eigenvalue weighted by Gasteiger charge is -2.13. The van der Waals surface area contributed by atoms with Crippen molar-refractivity contribution in [2.75, 3.05) is 13.7 Å². The molecule has 0 atom stereocenters. The van der Waals surface area contributed by atoms with Crippen molar-refractivity contribution >= 4 is 45.9 Å². The van der Waals surface area contributed by atoms with E-state index in [9.17, 15) is 4.79 Å². The molecule has 3 rings (SSSR count). The van der Waals surface area contributed by atoms with Crippen molar-refractivity contribution in [1.29, 1.82) is 0 Å². The minimum atomic E-state index is -0.0653. The monoisotopic (exact) mass is 408 g/mol. The topological polar surface area (TPSA) is 44.1 Å². The van der Waals surface area contributed by atoms with E-state index in [1.165, 1.54) is 11.8 Å². The van der Waals surface area contributed by atoms with Gasteiger partial charge in [0.05, 0.1) is 10.9 Å². The van der Waals surface area contributed by atoms with Crippen LogP contribution in [0.2, 0.25) is 10.0 Å². The summed E-state index contributed by atoms with van der Waals surface area (Å²) in [7, 11) is 1.65. The normalized spacial score (nSPS) is 11.2. The van der Waals surface area contributed by atoms with Gasteiger partial charge >= 0.3 is 0 Å². The standard InChI is InChI=1S/C19H18Cl2N2O2S/c1-25-10-4-9-23-18(24)15-8-7-14(20)11-17(15)22-19(23)26-12-13-5-2-3-6-16(13)21/h2-3,5-8,11H,4,9-10,12H2,1H3. The summed E-state index contributed by atoms with van der Waals surface area (Å²) >= 11 is 13.8. The van der Waals surface area contributed by atoms with Crippen LogP contribution in [0.3, 0.4) is 0 Å². The molecule has 0 amide bonds. The van der Waals surface area contributed by atoms with Gasteiger partial charge in [0.1, 0.15) is 0 Å². The highest BCUT2D eigenvalue weighted by atomic mass is 35.5. The van der Waals surface area contributed by atoms with Crippen LogP contribution in [0.1, 0.15) is 12.0 Å². The molecule has 0 fully saturated rings. The van der Waals surface area contributed by atoms with E-state index < -0.39 is 0 Å². The second-order valence-electron chi connectivity index (χ2n) is 5.74. The molecule has 0 spiro atoms. The number of benzene rings is 2. The summed E-state index contributed by atoms with van der Waals surface area (Å²) in [5, 5.41) is 2.48. The summed E-state index contributed by atoms with van der Waals surface area (Å²) in [5.74, 6) is 0.627. The lowest BCUT2D eigenvalue weighted by Crippen LogP contribution is -2.24. The Hall–Kier alpha value is -1.53. The largest absolute Gasteiger partial charge is 0.385 e. The molecule has 0 saturated carbocycles. The SMILES string of the molecule is COCCCn1c(SCc2ccccc2Cl)nc2cc(Cl)ccc2c1=O. The van der Waals surface area contributed by atoms with Gasteiger partial charge in [-0.1, -0.05) is 53.2 Å². The Bertz CT molecular complexity index is 975. The van der Waals surface area contributed by atoms with Crippen LogP contribution in [0.4, 0.5) is 0 Å². The van der Waals surface area contributed by atoms with Crippen LogP contribution in [0.15, 0.2) is 52.4 Å². The zero-order chi connectivity index (χ0) is 18.5. The summed E-state index contributed by atoms with van der Waals surface area (Å²) in [6.07, 6.45) is 0.733. The number of nitrogens with zero attached hydrogens (tertiary/aromatic N) is 2. The molecule has 0 bridgehead atoms. The number of hydrogen-bond donors (Lipinski definition) is 0. The van der Waals surface area contributed by atoms with Gasteiger partial charge in [-0.3, -0.25) is 9.36 Å². The highest BCUT2D eigenvalue weighted by Gasteiger charge is 2.13. The van der Waals surface area contributed by atoms with Gasteiger partial charge in [-0.2, -0.15) is 0 Å². The fourth-order valence-electron chi connectivity index (χ4n) is 2.61. The van der Waals surface area contributed by atoms with Crippen LogP contribution in [-0.4, -0.2) is 23.3 Å². The Morgan fingerprint density at radius 3 is 2.77 bits per heavy atom. The number of methoxy groups -OCH3 is 1. The molecule has 4 nitrogen and oxygen atoms in total. The molecule has 3 aromatic rings. The first-order valence-electron chi connectivity index (χ1n) is 8.15. The Labute approximate surface area is 166 Å². The van der Waals surface area contributed by atoms with Crippen LogP contribution in [-0.2, 0) is 17.0 Å². The van der Waals surface area contributed by atoms with Gasteiger partial charge < -0.3 is 4.74 Å². The number of ether oxygens (including phenoxy) is 1. The molecule has 0 N–H and O–H groups in total. The van der Waals surface area contributed by atoms with Crippen LogP contribution < -0.4 is 5.56 Å². The smallest absolute Gasteiger partial charge is 0.262 e. The first kappa shape index (κ1) is 19.2. The van der Waals surface area contributed by atoms with Gasteiger partial charge in [-0.25, -0.2) is 4.98 Å². The lowest BCUT2D eigenvalue weighted by atomic mass is 10.2. The molecule has 2 aromatic carbocycles. The van der Waals surface area contributed by atoms with E-state index in [4.69, 9.17) is 27.9 Å². The van der Waals surface area contributed by atoms with Crippen molar-refractivity contribution < 1.29 is 4.74 Å². The predicted molar refractivity (Wildman–Crippen MR) is 109 cm³/mol. The minimum Gasteiger partial charge on any atom is -0.385 e. The number of aromatic nitrogens is 2. The van der Waals surface area contributed by atoms with Gasteiger partial charge in [-0.15, -0.1) is 0 Å². The van der Waals surface area contributed by atoms with E-state index in [-0.39, 0.29) is 5.56 Å². The first-order valence-corrected chi connectivity index (χ1v) is 9.89. The number of thioether (sulfide) groups is 1. The summed E-state index contributed by atoms with van der Waals surface area (Å²) in [6, 6.07) is 12.8. The number of hydrogen-bond acceptors (Lipinski definition) is 4. The van der Waals surface area contributed by atoms with Gasteiger partial charge in [-0.05, 0) is 36.2 Å². The number of rotatable bonds is 7. The first-order chi connectivity index (χ1) is 12.6. The van der Waals surface area contributed by atoms with Gasteiger partial charge in [0.2, 0.25) is 0 Å². The van der Waals surface area contributed by atoms with Crippen molar-refractivity contribution in [3.63, 3.8) is 0 Å². The molecule has 0 unspecified atom stereocenters. The van der Waals surface area contributed by atoms with Gasteiger partial charge in [0.15, 0.2) is 5.16 Å². The minimum absolute atomic E-state index is 0.0653. The molecular weight excluding hydrogens is 391 g/mol. The van der Waals surface area contributed by atoms with Gasteiger partial charge in [0.25, 0.3) is 5.56 Å².